The minimum atomic E-state index is -0.322. The number of rotatable bonds is 13. The molecule has 4 aliphatic carbocycles. The van der Waals surface area contributed by atoms with Crippen molar-refractivity contribution in [2.24, 2.45) is 57.6 Å². The minimum Gasteiger partial charge on any atom is -0.393 e. The number of hydrogen-bond acceptors (Lipinski definition) is 7. The Morgan fingerprint density at radius 2 is 1.46 bits per heavy atom. The summed E-state index contributed by atoms with van der Waals surface area (Å²) < 4.78 is 19.8. The van der Waals surface area contributed by atoms with E-state index in [1.54, 1.807) is 0 Å². The van der Waals surface area contributed by atoms with Gasteiger partial charge in [-0.05, 0) is 126 Å². The van der Waals surface area contributed by atoms with Crippen molar-refractivity contribution >= 4 is 0 Å². The molecule has 7 N–H and O–H groups in total. The number of aliphatic hydroxyl groups excluding tert-OH is 1. The van der Waals surface area contributed by atoms with Gasteiger partial charge in [0.2, 0.25) is 0 Å². The maximum atomic E-state index is 10.9. The highest BCUT2D eigenvalue weighted by Gasteiger charge is 2.66. The molecule has 0 amide bonds. The van der Waals surface area contributed by atoms with Crippen molar-refractivity contribution < 1.29 is 19.3 Å². The summed E-state index contributed by atoms with van der Waals surface area (Å²) in [7, 11) is 0. The zero-order chi connectivity index (χ0) is 26.6. The lowest BCUT2D eigenvalue weighted by Gasteiger charge is -2.64. The van der Waals surface area contributed by atoms with E-state index in [2.05, 4.69) is 13.8 Å². The van der Waals surface area contributed by atoms with Crippen LogP contribution in [0.1, 0.15) is 85.0 Å². The van der Waals surface area contributed by atoms with Gasteiger partial charge in [0.1, 0.15) is 0 Å². The molecule has 2 unspecified atom stereocenters. The molecule has 7 nitrogen and oxygen atoms in total. The molecule has 0 heterocycles. The van der Waals surface area contributed by atoms with E-state index in [1.807, 2.05) is 6.92 Å². The van der Waals surface area contributed by atoms with Crippen molar-refractivity contribution in [3.63, 3.8) is 0 Å². The van der Waals surface area contributed by atoms with Gasteiger partial charge in [0.05, 0.1) is 24.4 Å². The number of hydrogen-bond donors (Lipinski definition) is 4. The summed E-state index contributed by atoms with van der Waals surface area (Å²) in [4.78, 5) is 0. The maximum absolute atomic E-state index is 10.9. The number of fused-ring (bicyclic) bond motifs is 5. The Bertz CT molecular complexity index is 710. The van der Waals surface area contributed by atoms with E-state index in [0.29, 0.717) is 56.0 Å². The van der Waals surface area contributed by atoms with Crippen LogP contribution in [-0.2, 0) is 14.2 Å². The molecule has 0 aliphatic heterocycles. The fourth-order valence-electron chi connectivity index (χ4n) is 9.46. The molecule has 0 aromatic carbocycles. The number of ether oxygens (including phenoxy) is 3. The second-order valence-corrected chi connectivity index (χ2v) is 13.2. The number of aliphatic hydroxyl groups is 1. The van der Waals surface area contributed by atoms with E-state index in [0.717, 1.165) is 71.0 Å². The molecule has 0 bridgehead atoms. The van der Waals surface area contributed by atoms with E-state index < -0.39 is 0 Å². The predicted octanol–water partition coefficient (Wildman–Crippen LogP) is 3.45. The van der Waals surface area contributed by atoms with Crippen LogP contribution in [0.2, 0.25) is 0 Å². The normalized spacial score (nSPS) is 44.2. The highest BCUT2D eigenvalue weighted by molar-refractivity contribution is 5.15. The van der Waals surface area contributed by atoms with Gasteiger partial charge in [-0.1, -0.05) is 13.8 Å². The quantitative estimate of drug-likeness (QED) is 0.272. The van der Waals surface area contributed by atoms with Gasteiger partial charge in [-0.3, -0.25) is 0 Å². The Hall–Kier alpha value is -0.280. The van der Waals surface area contributed by atoms with E-state index in [-0.39, 0.29) is 35.1 Å². The van der Waals surface area contributed by atoms with Crippen molar-refractivity contribution in [1.82, 2.24) is 0 Å². The van der Waals surface area contributed by atoms with E-state index in [1.165, 1.54) is 6.42 Å². The van der Waals surface area contributed by atoms with Crippen molar-refractivity contribution in [3.05, 3.63) is 0 Å². The minimum absolute atomic E-state index is 0.0366. The van der Waals surface area contributed by atoms with Crippen LogP contribution in [0.25, 0.3) is 0 Å². The average Bonchev–Trinajstić information content (AvgIpc) is 3.23. The first-order valence-electron chi connectivity index (χ1n) is 15.4. The predicted molar refractivity (Wildman–Crippen MR) is 148 cm³/mol. The van der Waals surface area contributed by atoms with Gasteiger partial charge in [-0.25, -0.2) is 0 Å². The summed E-state index contributed by atoms with van der Waals surface area (Å²) in [6.07, 6.45) is 11.0. The van der Waals surface area contributed by atoms with E-state index in [9.17, 15) is 5.11 Å². The molecular formula is C30H57N3O4. The molecule has 0 aromatic heterocycles. The molecular weight excluding hydrogens is 466 g/mol. The molecule has 7 heteroatoms. The van der Waals surface area contributed by atoms with Crippen LogP contribution in [-0.4, -0.2) is 69.0 Å². The third-order valence-corrected chi connectivity index (χ3v) is 11.4. The summed E-state index contributed by atoms with van der Waals surface area (Å²) in [5.41, 5.74) is 17.6. The molecule has 4 fully saturated rings. The summed E-state index contributed by atoms with van der Waals surface area (Å²) >= 11 is 0. The fourth-order valence-corrected chi connectivity index (χ4v) is 9.46. The lowest BCUT2D eigenvalue weighted by Crippen LogP contribution is -2.63. The van der Waals surface area contributed by atoms with Gasteiger partial charge in [0.25, 0.3) is 0 Å². The van der Waals surface area contributed by atoms with E-state index >= 15 is 0 Å². The van der Waals surface area contributed by atoms with Crippen LogP contribution < -0.4 is 17.2 Å². The highest BCUT2D eigenvalue weighted by Crippen LogP contribution is 2.68. The maximum Gasteiger partial charge on any atom is 0.0638 e. The summed E-state index contributed by atoms with van der Waals surface area (Å²) in [5, 5.41) is 10.9. The first-order chi connectivity index (χ1) is 17.8. The second-order valence-electron chi connectivity index (χ2n) is 13.2. The topological polar surface area (TPSA) is 126 Å². The first-order valence-corrected chi connectivity index (χ1v) is 15.4. The summed E-state index contributed by atoms with van der Waals surface area (Å²) in [6, 6.07) is 0. The number of nitrogens with two attached hydrogens (primary N) is 3. The van der Waals surface area contributed by atoms with Crippen LogP contribution in [0, 0.1) is 40.4 Å². The molecule has 4 rings (SSSR count). The van der Waals surface area contributed by atoms with Crippen LogP contribution >= 0.6 is 0 Å². The van der Waals surface area contributed by atoms with Gasteiger partial charge in [0.15, 0.2) is 0 Å². The second kappa shape index (κ2) is 12.9. The average molecular weight is 524 g/mol. The van der Waals surface area contributed by atoms with Gasteiger partial charge >= 0.3 is 0 Å². The Morgan fingerprint density at radius 1 is 0.811 bits per heavy atom. The molecule has 0 radical (unpaired) electrons. The Kier molecular flexibility index (Phi) is 10.4. The van der Waals surface area contributed by atoms with Gasteiger partial charge < -0.3 is 36.5 Å². The molecule has 0 saturated heterocycles. The van der Waals surface area contributed by atoms with Crippen molar-refractivity contribution in [3.8, 4) is 0 Å². The monoisotopic (exact) mass is 523 g/mol. The Balaban J connectivity index is 1.63. The molecule has 4 aliphatic rings. The fraction of sp³-hybridized carbons (Fsp3) is 1.00. The summed E-state index contributed by atoms with van der Waals surface area (Å²) in [5.74, 6) is 2.44. The van der Waals surface area contributed by atoms with Crippen molar-refractivity contribution in [1.29, 1.82) is 0 Å². The van der Waals surface area contributed by atoms with Crippen molar-refractivity contribution in [2.75, 3.05) is 39.5 Å². The van der Waals surface area contributed by atoms with Gasteiger partial charge in [-0.15, -0.1) is 0 Å². The van der Waals surface area contributed by atoms with E-state index in [4.69, 9.17) is 31.4 Å². The highest BCUT2D eigenvalue weighted by atomic mass is 16.5. The van der Waals surface area contributed by atoms with Gasteiger partial charge in [0, 0.05) is 25.2 Å². The standard InChI is InChI=1S/C30H57N3O4/c1-20(34)23-7-8-24-28-25(19-27(30(23,24)3)37-16-6-13-33)29(2)10-9-22(35-14-4-11-31)17-21(29)18-26(28)36-15-5-12-32/h20-28,34H,4-19,31-33H2,1-3H3/t20?,21?,22-,23-,24+,25+,26-,27+,28+,29+,30-/m1/s1. The molecule has 0 aromatic rings. The molecule has 11 atom stereocenters. The van der Waals surface area contributed by atoms with Gasteiger partial charge in [-0.2, -0.15) is 0 Å². The van der Waals surface area contributed by atoms with Crippen molar-refractivity contribution in [2.45, 2.75) is 109 Å². The molecule has 216 valence electrons. The Labute approximate surface area is 225 Å². The Morgan fingerprint density at radius 3 is 2.11 bits per heavy atom. The zero-order valence-corrected chi connectivity index (χ0v) is 23.9. The van der Waals surface area contributed by atoms with Crippen LogP contribution in [0.15, 0.2) is 0 Å². The summed E-state index contributed by atoms with van der Waals surface area (Å²) in [6.45, 7) is 11.2. The zero-order valence-electron chi connectivity index (χ0n) is 23.9. The lowest BCUT2D eigenvalue weighted by molar-refractivity contribution is -0.229. The van der Waals surface area contributed by atoms with Crippen LogP contribution in [0.5, 0.6) is 0 Å². The molecule has 0 spiro atoms. The SMILES string of the molecule is CC(O)[C@H]1CC[C@H]2[C@@H]3[C@H](OCCCN)CC4C[C@H](OCCCN)CC[C@]4(C)[C@H]3C[C@H](OCCCN)[C@]12C. The lowest BCUT2D eigenvalue weighted by atomic mass is 9.43. The van der Waals surface area contributed by atoms with Crippen LogP contribution in [0.3, 0.4) is 0 Å². The molecule has 4 saturated carbocycles. The smallest absolute Gasteiger partial charge is 0.0638 e. The third kappa shape index (κ3) is 5.79. The van der Waals surface area contributed by atoms with Crippen LogP contribution in [0.4, 0.5) is 0 Å². The molecule has 37 heavy (non-hydrogen) atoms. The third-order valence-electron chi connectivity index (χ3n) is 11.4. The largest absolute Gasteiger partial charge is 0.393 e. The first kappa shape index (κ1) is 29.7.